The zero-order valence-corrected chi connectivity index (χ0v) is 20.6. The van der Waals surface area contributed by atoms with Gasteiger partial charge in [-0.3, -0.25) is 0 Å². The van der Waals surface area contributed by atoms with Crippen molar-refractivity contribution in [1.82, 2.24) is 0 Å². The van der Waals surface area contributed by atoms with Crippen LogP contribution < -0.4 is 26.4 Å². The van der Waals surface area contributed by atoms with E-state index >= 15 is 0 Å². The largest absolute Gasteiger partial charge is 0.212 e. The van der Waals surface area contributed by atoms with Gasteiger partial charge in [0, 0.05) is 17.5 Å². The van der Waals surface area contributed by atoms with Crippen LogP contribution in [0.4, 0.5) is 0 Å². The number of pyridine rings is 1. The van der Waals surface area contributed by atoms with Gasteiger partial charge in [0.2, 0.25) is 5.52 Å². The van der Waals surface area contributed by atoms with Gasteiger partial charge < -0.3 is 0 Å². The van der Waals surface area contributed by atoms with Gasteiger partial charge in [0.05, 0.1) is 0 Å². The lowest BCUT2D eigenvalue weighted by molar-refractivity contribution is -0.644. The number of hydrogen-bond acceptors (Lipinski definition) is 0. The topological polar surface area (TPSA) is 3.88 Å². The number of aromatic nitrogens is 1. The second-order valence-electron chi connectivity index (χ2n) is 9.19. The van der Waals surface area contributed by atoms with Crippen LogP contribution in [-0.4, -0.2) is 6.15 Å². The van der Waals surface area contributed by atoms with E-state index in [0.717, 1.165) is 0 Å². The molecule has 0 amide bonds. The van der Waals surface area contributed by atoms with Crippen LogP contribution in [0.1, 0.15) is 0 Å². The summed E-state index contributed by atoms with van der Waals surface area (Å²) < 4.78 is 2.12. The van der Waals surface area contributed by atoms with Crippen LogP contribution in [0.2, 0.25) is 0 Å². The Morgan fingerprint density at radius 2 is 0.722 bits per heavy atom. The van der Waals surface area contributed by atoms with Crippen LogP contribution in [0, 0.1) is 0 Å². The molecule has 0 N–H and O–H groups in total. The molecule has 0 atom stereocenters. The molecular formula is C34H30BN. The van der Waals surface area contributed by atoms with E-state index in [2.05, 4.69) is 176 Å². The zero-order chi connectivity index (χ0) is 24.6. The zero-order valence-electron chi connectivity index (χ0n) is 20.6. The summed E-state index contributed by atoms with van der Waals surface area (Å²) in [4.78, 5) is 0. The number of aryl methyl sites for hydroxylation is 1. The van der Waals surface area contributed by atoms with E-state index in [1.807, 2.05) is 0 Å². The Morgan fingerprint density at radius 1 is 0.389 bits per heavy atom. The number of fused-ring (bicyclic) bond motifs is 1. The van der Waals surface area contributed by atoms with Gasteiger partial charge in [-0.25, -0.2) is 4.57 Å². The van der Waals surface area contributed by atoms with E-state index in [4.69, 9.17) is 0 Å². The predicted molar refractivity (Wildman–Crippen MR) is 155 cm³/mol. The molecule has 0 aliphatic carbocycles. The first-order valence-corrected chi connectivity index (χ1v) is 12.5. The number of para-hydroxylation sites is 1. The van der Waals surface area contributed by atoms with E-state index in [0.29, 0.717) is 0 Å². The van der Waals surface area contributed by atoms with Crippen molar-refractivity contribution >= 4 is 38.9 Å². The molecule has 0 saturated heterocycles. The molecule has 0 aliphatic heterocycles. The molecule has 5 aromatic carbocycles. The summed E-state index contributed by atoms with van der Waals surface area (Å²) in [5, 5.41) is 1.29. The van der Waals surface area contributed by atoms with Crippen molar-refractivity contribution in [1.29, 1.82) is 0 Å². The third-order valence-corrected chi connectivity index (χ3v) is 7.10. The number of rotatable bonds is 4. The minimum atomic E-state index is -1.22. The molecule has 1 nitrogen and oxygen atoms in total. The van der Waals surface area contributed by atoms with Crippen molar-refractivity contribution < 1.29 is 4.57 Å². The Balaban J connectivity index is 0.000000202. The highest BCUT2D eigenvalue weighted by atomic mass is 14.9. The summed E-state index contributed by atoms with van der Waals surface area (Å²) in [6.45, 7) is 0. The van der Waals surface area contributed by atoms with Crippen LogP contribution in [0.5, 0.6) is 0 Å². The van der Waals surface area contributed by atoms with E-state index in [1.54, 1.807) is 0 Å². The smallest absolute Gasteiger partial charge is 0.201 e. The Morgan fingerprint density at radius 3 is 1.11 bits per heavy atom. The van der Waals surface area contributed by atoms with Crippen LogP contribution in [0.25, 0.3) is 10.9 Å². The summed E-state index contributed by atoms with van der Waals surface area (Å²) in [5.74, 6) is 0. The van der Waals surface area contributed by atoms with Crippen LogP contribution in [-0.2, 0) is 7.05 Å². The maximum atomic E-state index is 2.26. The number of benzene rings is 5. The van der Waals surface area contributed by atoms with Gasteiger partial charge in [-0.2, -0.15) is 21.9 Å². The Labute approximate surface area is 214 Å². The normalized spacial score (nSPS) is 10.9. The van der Waals surface area contributed by atoms with Crippen LogP contribution in [0.15, 0.2) is 164 Å². The van der Waals surface area contributed by atoms with Crippen LogP contribution in [0.3, 0.4) is 0 Å². The van der Waals surface area contributed by atoms with E-state index in [-0.39, 0.29) is 0 Å². The molecule has 0 radical (unpaired) electrons. The van der Waals surface area contributed by atoms with Crippen molar-refractivity contribution in [3.8, 4) is 0 Å². The Kier molecular flexibility index (Phi) is 7.05. The van der Waals surface area contributed by atoms with Crippen molar-refractivity contribution in [2.45, 2.75) is 0 Å². The second-order valence-corrected chi connectivity index (χ2v) is 9.19. The maximum absolute atomic E-state index is 2.26. The molecule has 1 aromatic heterocycles. The van der Waals surface area contributed by atoms with E-state index in [9.17, 15) is 0 Å². The molecule has 0 spiro atoms. The summed E-state index contributed by atoms with van der Waals surface area (Å²) in [6, 6.07) is 56.1. The number of nitrogens with zero attached hydrogens (tertiary/aromatic N) is 1. The molecule has 6 rings (SSSR count). The van der Waals surface area contributed by atoms with Gasteiger partial charge in [-0.1, -0.05) is 133 Å². The highest BCUT2D eigenvalue weighted by Gasteiger charge is 2.30. The van der Waals surface area contributed by atoms with Crippen molar-refractivity contribution in [3.63, 3.8) is 0 Å². The van der Waals surface area contributed by atoms with Gasteiger partial charge in [0.1, 0.15) is 13.2 Å². The average molecular weight is 463 g/mol. The minimum Gasteiger partial charge on any atom is -0.201 e. The lowest BCUT2D eigenvalue weighted by atomic mass is 9.13. The quantitative estimate of drug-likeness (QED) is 0.263. The first-order chi connectivity index (χ1) is 17.8. The van der Waals surface area contributed by atoms with Crippen molar-refractivity contribution in [2.75, 3.05) is 0 Å². The lowest BCUT2D eigenvalue weighted by Crippen LogP contribution is -2.74. The fourth-order valence-electron chi connectivity index (χ4n) is 5.43. The average Bonchev–Trinajstić information content (AvgIpc) is 2.97. The van der Waals surface area contributed by atoms with Gasteiger partial charge in [-0.15, -0.1) is 0 Å². The first kappa shape index (κ1) is 23.3. The third kappa shape index (κ3) is 4.58. The van der Waals surface area contributed by atoms with Crippen molar-refractivity contribution in [2.24, 2.45) is 7.05 Å². The molecule has 174 valence electrons. The Hall–Kier alpha value is -4.43. The SMILES string of the molecule is C[n+]1cccc2ccccc21.c1ccc([B-](c2ccccc2)(c2ccccc2)c2ccccc2)cc1. The maximum Gasteiger partial charge on any atom is 0.212 e. The second kappa shape index (κ2) is 10.9. The van der Waals surface area contributed by atoms with Crippen LogP contribution >= 0.6 is 0 Å². The highest BCUT2D eigenvalue weighted by molar-refractivity contribution is 7.19. The fraction of sp³-hybridized carbons (Fsp3) is 0.0294. The summed E-state index contributed by atoms with van der Waals surface area (Å²) in [7, 11) is 2.06. The molecule has 36 heavy (non-hydrogen) atoms. The molecule has 0 saturated carbocycles. The molecule has 0 aliphatic rings. The number of hydrogen-bond donors (Lipinski definition) is 0. The van der Waals surface area contributed by atoms with Crippen molar-refractivity contribution in [3.05, 3.63) is 164 Å². The molecule has 2 heteroatoms. The molecule has 0 bridgehead atoms. The van der Waals surface area contributed by atoms with E-state index in [1.165, 1.54) is 32.8 Å². The predicted octanol–water partition coefficient (Wildman–Crippen LogP) is 4.73. The monoisotopic (exact) mass is 463 g/mol. The minimum absolute atomic E-state index is 1.22. The molecule has 1 heterocycles. The Bertz CT molecular complexity index is 1350. The third-order valence-electron chi connectivity index (χ3n) is 7.10. The van der Waals surface area contributed by atoms with Gasteiger partial charge in [0.15, 0.2) is 6.20 Å². The highest BCUT2D eigenvalue weighted by Crippen LogP contribution is 2.09. The molecule has 0 fully saturated rings. The molecule has 6 aromatic rings. The fourth-order valence-corrected chi connectivity index (χ4v) is 5.43. The van der Waals surface area contributed by atoms with Gasteiger partial charge >= 0.3 is 0 Å². The van der Waals surface area contributed by atoms with Gasteiger partial charge in [0.25, 0.3) is 0 Å². The molecular weight excluding hydrogens is 433 g/mol. The van der Waals surface area contributed by atoms with Gasteiger partial charge in [-0.05, 0) is 12.1 Å². The lowest BCUT2D eigenvalue weighted by Gasteiger charge is -2.44. The first-order valence-electron chi connectivity index (χ1n) is 12.5. The van der Waals surface area contributed by atoms with E-state index < -0.39 is 6.15 Å². The summed E-state index contributed by atoms with van der Waals surface area (Å²) in [6.07, 6.45) is 0.842. The standard InChI is InChI=1S/C24H20B.C10H10N/c1-5-13-21(14-6-1)25(22-15-7-2-8-16-22,23-17-9-3-10-18-23)24-19-11-4-12-20-24;1-11-8-4-6-9-5-2-3-7-10(9)11/h1-20H;2-8H,1H3/q-1;+1. The molecule has 0 unspecified atom stereocenters. The summed E-state index contributed by atoms with van der Waals surface area (Å²) >= 11 is 0. The summed E-state index contributed by atoms with van der Waals surface area (Å²) in [5.41, 5.74) is 6.63.